The molecule has 0 N–H and O–H groups in total. The zero-order valence-electron chi connectivity index (χ0n) is 16.4. The zero-order chi connectivity index (χ0) is 20.6. The molecule has 1 aliphatic heterocycles. The summed E-state index contributed by atoms with van der Waals surface area (Å²) >= 11 is 0. The van der Waals surface area contributed by atoms with Gasteiger partial charge in [-0.25, -0.2) is 4.79 Å². The first kappa shape index (κ1) is 19.4. The summed E-state index contributed by atoms with van der Waals surface area (Å²) in [7, 11) is 3.71. The minimum Gasteiger partial charge on any atom is -0.426 e. The number of cyclic esters (lactones) is 1. The molecule has 0 radical (unpaired) electrons. The normalized spacial score (nSPS) is 17.5. The smallest absolute Gasteiger partial charge is 0.342 e. The van der Waals surface area contributed by atoms with Crippen molar-refractivity contribution in [1.82, 2.24) is 0 Å². The highest BCUT2D eigenvalue weighted by Gasteiger charge is 2.52. The van der Waals surface area contributed by atoms with E-state index in [9.17, 15) is 14.4 Å². The maximum atomic E-state index is 12.5. The summed E-state index contributed by atoms with van der Waals surface area (Å²) in [5.74, 6) is -3.51. The number of nitrogens with zero attached hydrogens (tertiary/aromatic N) is 1. The standard InChI is InChI=1S/C21H21NO6/c1-12-10-17(19(26-13(2)23)11-18(12)22(4)5)21(27-14(3)24)16-9-7-6-8-15(16)20(25)28-21/h6-11H,1-5H3. The number of esters is 3. The Morgan fingerprint density at radius 2 is 1.71 bits per heavy atom. The number of hydrogen-bond donors (Lipinski definition) is 0. The van der Waals surface area contributed by atoms with Crippen LogP contribution in [0.2, 0.25) is 0 Å². The van der Waals surface area contributed by atoms with Crippen molar-refractivity contribution in [2.24, 2.45) is 0 Å². The molecule has 0 saturated heterocycles. The summed E-state index contributed by atoms with van der Waals surface area (Å²) in [6.07, 6.45) is 0. The molecule has 0 aliphatic carbocycles. The first-order chi connectivity index (χ1) is 13.2. The fraction of sp³-hybridized carbons (Fsp3) is 0.286. The first-order valence-electron chi connectivity index (χ1n) is 8.69. The van der Waals surface area contributed by atoms with E-state index in [0.29, 0.717) is 5.56 Å². The quantitative estimate of drug-likeness (QED) is 0.593. The Hall–Kier alpha value is -3.35. The predicted molar refractivity (Wildman–Crippen MR) is 101 cm³/mol. The van der Waals surface area contributed by atoms with Crippen LogP contribution in [-0.2, 0) is 24.8 Å². The molecule has 28 heavy (non-hydrogen) atoms. The number of hydrogen-bond acceptors (Lipinski definition) is 7. The van der Waals surface area contributed by atoms with Crippen molar-refractivity contribution in [3.8, 4) is 5.75 Å². The van der Waals surface area contributed by atoms with Gasteiger partial charge in [-0.1, -0.05) is 12.1 Å². The second-order valence-corrected chi connectivity index (χ2v) is 6.77. The van der Waals surface area contributed by atoms with Crippen molar-refractivity contribution in [2.45, 2.75) is 26.6 Å². The summed E-state index contributed by atoms with van der Waals surface area (Å²) in [6, 6.07) is 10.0. The molecule has 1 aliphatic rings. The van der Waals surface area contributed by atoms with Crippen molar-refractivity contribution < 1.29 is 28.6 Å². The van der Waals surface area contributed by atoms with Crippen LogP contribution in [0.1, 0.15) is 40.9 Å². The van der Waals surface area contributed by atoms with Crippen LogP contribution in [0, 0.1) is 6.92 Å². The Bertz CT molecular complexity index is 977. The summed E-state index contributed by atoms with van der Waals surface area (Å²) in [5.41, 5.74) is 2.55. The summed E-state index contributed by atoms with van der Waals surface area (Å²) in [6.45, 7) is 4.36. The maximum Gasteiger partial charge on any atom is 0.342 e. The van der Waals surface area contributed by atoms with Crippen molar-refractivity contribution in [3.05, 3.63) is 58.7 Å². The van der Waals surface area contributed by atoms with Gasteiger partial charge in [-0.2, -0.15) is 0 Å². The second kappa shape index (κ2) is 6.99. The second-order valence-electron chi connectivity index (χ2n) is 6.77. The molecule has 0 amide bonds. The Morgan fingerprint density at radius 1 is 1.04 bits per heavy atom. The monoisotopic (exact) mass is 383 g/mol. The minimum atomic E-state index is -1.83. The van der Waals surface area contributed by atoms with Gasteiger partial charge in [0.1, 0.15) is 5.75 Å². The third-order valence-corrected chi connectivity index (χ3v) is 4.41. The fourth-order valence-electron chi connectivity index (χ4n) is 3.38. The van der Waals surface area contributed by atoms with Crippen molar-refractivity contribution in [2.75, 3.05) is 19.0 Å². The van der Waals surface area contributed by atoms with Crippen LogP contribution in [-0.4, -0.2) is 32.0 Å². The lowest BCUT2D eigenvalue weighted by Crippen LogP contribution is -2.34. The molecule has 0 aromatic heterocycles. The molecule has 146 valence electrons. The van der Waals surface area contributed by atoms with E-state index in [1.807, 2.05) is 25.9 Å². The van der Waals surface area contributed by atoms with Crippen molar-refractivity contribution >= 4 is 23.6 Å². The number of anilines is 1. The highest BCUT2D eigenvalue weighted by molar-refractivity contribution is 5.95. The Labute approximate surface area is 162 Å². The largest absolute Gasteiger partial charge is 0.426 e. The van der Waals surface area contributed by atoms with Crippen LogP contribution in [0.15, 0.2) is 36.4 Å². The minimum absolute atomic E-state index is 0.146. The molecule has 0 saturated carbocycles. The van der Waals surface area contributed by atoms with E-state index < -0.39 is 23.7 Å². The van der Waals surface area contributed by atoms with Gasteiger partial charge in [0.15, 0.2) is 0 Å². The van der Waals surface area contributed by atoms with Gasteiger partial charge >= 0.3 is 23.7 Å². The van der Waals surface area contributed by atoms with Crippen LogP contribution in [0.3, 0.4) is 0 Å². The molecule has 0 bridgehead atoms. The zero-order valence-corrected chi connectivity index (χ0v) is 16.4. The van der Waals surface area contributed by atoms with E-state index >= 15 is 0 Å². The van der Waals surface area contributed by atoms with E-state index in [4.69, 9.17) is 14.2 Å². The maximum absolute atomic E-state index is 12.5. The van der Waals surface area contributed by atoms with Gasteiger partial charge in [-0.3, -0.25) is 9.59 Å². The molecule has 7 heteroatoms. The Kier molecular flexibility index (Phi) is 4.85. The van der Waals surface area contributed by atoms with Gasteiger partial charge in [-0.15, -0.1) is 0 Å². The van der Waals surface area contributed by atoms with Gasteiger partial charge in [0.2, 0.25) is 0 Å². The molecule has 1 unspecified atom stereocenters. The lowest BCUT2D eigenvalue weighted by Gasteiger charge is -2.31. The molecular formula is C21H21NO6. The van der Waals surface area contributed by atoms with Gasteiger partial charge in [0.05, 0.1) is 16.7 Å². The molecule has 0 fully saturated rings. The van der Waals surface area contributed by atoms with Crippen LogP contribution in [0.5, 0.6) is 5.75 Å². The topological polar surface area (TPSA) is 82.1 Å². The van der Waals surface area contributed by atoms with E-state index in [1.54, 1.807) is 36.4 Å². The molecule has 0 spiro atoms. The van der Waals surface area contributed by atoms with Crippen LogP contribution >= 0.6 is 0 Å². The van der Waals surface area contributed by atoms with E-state index in [0.717, 1.165) is 11.3 Å². The Morgan fingerprint density at radius 3 is 2.32 bits per heavy atom. The first-order valence-corrected chi connectivity index (χ1v) is 8.69. The van der Waals surface area contributed by atoms with Crippen LogP contribution in [0.25, 0.3) is 0 Å². The molecule has 3 rings (SSSR count). The number of fused-ring (bicyclic) bond motifs is 1. The highest BCUT2D eigenvalue weighted by Crippen LogP contribution is 2.47. The molecular weight excluding hydrogens is 362 g/mol. The fourth-order valence-corrected chi connectivity index (χ4v) is 3.38. The highest BCUT2D eigenvalue weighted by atomic mass is 16.7. The lowest BCUT2D eigenvalue weighted by atomic mass is 9.92. The Balaban J connectivity index is 2.34. The third kappa shape index (κ3) is 3.19. The van der Waals surface area contributed by atoms with Crippen molar-refractivity contribution in [1.29, 1.82) is 0 Å². The molecule has 2 aromatic rings. The van der Waals surface area contributed by atoms with Gasteiger partial charge < -0.3 is 19.1 Å². The lowest BCUT2D eigenvalue weighted by molar-refractivity contribution is -0.191. The van der Waals surface area contributed by atoms with Gasteiger partial charge in [-0.05, 0) is 30.7 Å². The molecule has 1 heterocycles. The van der Waals surface area contributed by atoms with E-state index in [-0.39, 0.29) is 16.9 Å². The molecule has 7 nitrogen and oxygen atoms in total. The van der Waals surface area contributed by atoms with Gasteiger partial charge in [0.25, 0.3) is 0 Å². The molecule has 1 atom stereocenters. The average Bonchev–Trinajstić information content (AvgIpc) is 2.88. The molecule has 2 aromatic carbocycles. The van der Waals surface area contributed by atoms with Crippen LogP contribution in [0.4, 0.5) is 5.69 Å². The summed E-state index contributed by atoms with van der Waals surface area (Å²) in [4.78, 5) is 38.1. The summed E-state index contributed by atoms with van der Waals surface area (Å²) < 4.78 is 16.6. The van der Waals surface area contributed by atoms with E-state index in [2.05, 4.69) is 0 Å². The van der Waals surface area contributed by atoms with Gasteiger partial charge in [0, 0.05) is 39.7 Å². The number of carbonyl (C=O) groups excluding carboxylic acids is 3. The number of rotatable bonds is 4. The van der Waals surface area contributed by atoms with Crippen LogP contribution < -0.4 is 9.64 Å². The predicted octanol–water partition coefficient (Wildman–Crippen LogP) is 2.92. The number of carbonyl (C=O) groups is 3. The number of ether oxygens (including phenoxy) is 3. The number of aryl methyl sites for hydroxylation is 1. The van der Waals surface area contributed by atoms with E-state index in [1.165, 1.54) is 13.8 Å². The third-order valence-electron chi connectivity index (χ3n) is 4.41. The van der Waals surface area contributed by atoms with Crippen molar-refractivity contribution in [3.63, 3.8) is 0 Å². The SMILES string of the molecule is CC(=O)Oc1cc(N(C)C)c(C)cc1C1(OC(C)=O)OC(=O)c2ccccc21. The average molecular weight is 383 g/mol. The number of benzene rings is 2. The summed E-state index contributed by atoms with van der Waals surface area (Å²) in [5, 5.41) is 0.